The molecule has 0 saturated heterocycles. The maximum Gasteiger partial charge on any atom is 0.226 e. The highest BCUT2D eigenvalue weighted by Crippen LogP contribution is 2.28. The van der Waals surface area contributed by atoms with Gasteiger partial charge in [-0.25, -0.2) is 4.98 Å². The van der Waals surface area contributed by atoms with Crippen molar-refractivity contribution in [3.05, 3.63) is 59.3 Å². The van der Waals surface area contributed by atoms with Gasteiger partial charge < -0.3 is 13.4 Å². The van der Waals surface area contributed by atoms with Crippen LogP contribution in [0.25, 0.3) is 22.8 Å². The van der Waals surface area contributed by atoms with Crippen LogP contribution >= 0.6 is 23.4 Å². The van der Waals surface area contributed by atoms with Gasteiger partial charge in [-0.05, 0) is 31.2 Å². The number of furan rings is 1. The summed E-state index contributed by atoms with van der Waals surface area (Å²) in [5.41, 5.74) is 2.62. The second-order valence-corrected chi connectivity index (χ2v) is 7.08. The molecule has 0 saturated carbocycles. The van der Waals surface area contributed by atoms with E-state index >= 15 is 0 Å². The minimum absolute atomic E-state index is 0.552. The molecule has 0 amide bonds. The highest BCUT2D eigenvalue weighted by atomic mass is 35.5. The summed E-state index contributed by atoms with van der Waals surface area (Å²) in [6.45, 7) is 1.91. The fourth-order valence-electron chi connectivity index (χ4n) is 2.56. The molecule has 4 rings (SSSR count). The smallest absolute Gasteiger partial charge is 0.226 e. The predicted molar refractivity (Wildman–Crippen MR) is 100.0 cm³/mol. The number of hydrogen-bond acceptors (Lipinski definition) is 6. The summed E-state index contributed by atoms with van der Waals surface area (Å²) in [4.78, 5) is 4.52. The minimum Gasteiger partial charge on any atom is -0.469 e. The lowest BCUT2D eigenvalue weighted by atomic mass is 10.2. The number of benzene rings is 1. The van der Waals surface area contributed by atoms with Crippen LogP contribution in [0.2, 0.25) is 5.02 Å². The zero-order valence-corrected chi connectivity index (χ0v) is 15.7. The standard InChI is InChI=1S/C18H15ClN4O2S/c1-11-15(6-7-24-11)16-21-22-18(23(16)2)26-10-14-9-25-17(20-14)12-4-3-5-13(19)8-12/h3-9H,10H2,1-2H3. The van der Waals surface area contributed by atoms with Crippen LogP contribution in [0.1, 0.15) is 11.5 Å². The van der Waals surface area contributed by atoms with E-state index in [1.54, 1.807) is 24.3 Å². The molecule has 0 bridgehead atoms. The summed E-state index contributed by atoms with van der Waals surface area (Å²) in [7, 11) is 1.93. The van der Waals surface area contributed by atoms with Crippen molar-refractivity contribution in [3.63, 3.8) is 0 Å². The van der Waals surface area contributed by atoms with Crippen LogP contribution in [0.4, 0.5) is 0 Å². The van der Waals surface area contributed by atoms with Crippen molar-refractivity contribution in [2.45, 2.75) is 17.8 Å². The van der Waals surface area contributed by atoms with Gasteiger partial charge in [0, 0.05) is 23.4 Å². The zero-order chi connectivity index (χ0) is 18.1. The van der Waals surface area contributed by atoms with Crippen molar-refractivity contribution in [3.8, 4) is 22.8 Å². The average molecular weight is 387 g/mol. The molecule has 3 heterocycles. The molecule has 4 aromatic rings. The summed E-state index contributed by atoms with van der Waals surface area (Å²) in [6, 6.07) is 9.32. The van der Waals surface area contributed by atoms with E-state index in [9.17, 15) is 0 Å². The Morgan fingerprint density at radius 1 is 1.19 bits per heavy atom. The summed E-state index contributed by atoms with van der Waals surface area (Å²) in [5, 5.41) is 9.98. The molecule has 3 aromatic heterocycles. The molecule has 8 heteroatoms. The van der Waals surface area contributed by atoms with Crippen molar-refractivity contribution >= 4 is 23.4 Å². The number of rotatable bonds is 5. The first-order chi connectivity index (χ1) is 12.6. The number of thioether (sulfide) groups is 1. The van der Waals surface area contributed by atoms with Crippen LogP contribution in [0.3, 0.4) is 0 Å². The Bertz CT molecular complexity index is 1050. The number of aromatic nitrogens is 4. The van der Waals surface area contributed by atoms with Crippen LogP contribution in [0, 0.1) is 6.92 Å². The maximum atomic E-state index is 6.02. The highest BCUT2D eigenvalue weighted by Gasteiger charge is 2.15. The fraction of sp³-hybridized carbons (Fsp3) is 0.167. The molecule has 0 radical (unpaired) electrons. The van der Waals surface area contributed by atoms with E-state index in [2.05, 4.69) is 15.2 Å². The summed E-state index contributed by atoms with van der Waals surface area (Å²) < 4.78 is 12.9. The summed E-state index contributed by atoms with van der Waals surface area (Å²) in [6.07, 6.45) is 3.31. The van der Waals surface area contributed by atoms with Gasteiger partial charge in [-0.2, -0.15) is 0 Å². The van der Waals surface area contributed by atoms with Crippen LogP contribution in [-0.4, -0.2) is 19.7 Å². The molecule has 0 aliphatic rings. The quantitative estimate of drug-likeness (QED) is 0.450. The SMILES string of the molecule is Cc1occc1-c1nnc(SCc2coc(-c3cccc(Cl)c3)n2)n1C. The van der Waals surface area contributed by atoms with Crippen molar-refractivity contribution in [2.24, 2.45) is 7.05 Å². The topological polar surface area (TPSA) is 69.9 Å². The molecule has 0 fully saturated rings. The third-order valence-electron chi connectivity index (χ3n) is 3.91. The van der Waals surface area contributed by atoms with E-state index in [0.29, 0.717) is 16.7 Å². The normalized spacial score (nSPS) is 11.2. The second kappa shape index (κ2) is 7.01. The van der Waals surface area contributed by atoms with Gasteiger partial charge in [0.2, 0.25) is 5.89 Å². The van der Waals surface area contributed by atoms with Crippen LogP contribution in [0.15, 0.2) is 56.8 Å². The van der Waals surface area contributed by atoms with Crippen molar-refractivity contribution in [2.75, 3.05) is 0 Å². The molecule has 26 heavy (non-hydrogen) atoms. The van der Waals surface area contributed by atoms with Gasteiger partial charge in [0.25, 0.3) is 0 Å². The van der Waals surface area contributed by atoms with E-state index < -0.39 is 0 Å². The van der Waals surface area contributed by atoms with E-state index in [0.717, 1.165) is 33.6 Å². The molecule has 6 nitrogen and oxygen atoms in total. The Morgan fingerprint density at radius 3 is 2.85 bits per heavy atom. The Balaban J connectivity index is 1.49. The Hall–Kier alpha value is -2.51. The number of oxazole rings is 1. The first kappa shape index (κ1) is 16.9. The molecular formula is C18H15ClN4O2S. The molecule has 1 aromatic carbocycles. The van der Waals surface area contributed by atoms with Crippen molar-refractivity contribution in [1.82, 2.24) is 19.7 Å². The van der Waals surface area contributed by atoms with Gasteiger partial charge in [0.05, 0.1) is 17.5 Å². The first-order valence-electron chi connectivity index (χ1n) is 7.89. The second-order valence-electron chi connectivity index (χ2n) is 5.70. The van der Waals surface area contributed by atoms with Gasteiger partial charge in [-0.1, -0.05) is 29.4 Å². The van der Waals surface area contributed by atoms with Gasteiger partial charge >= 0.3 is 0 Å². The van der Waals surface area contributed by atoms with Crippen LogP contribution in [0.5, 0.6) is 0 Å². The third-order valence-corrected chi connectivity index (χ3v) is 5.20. The molecule has 0 aliphatic heterocycles. The predicted octanol–water partition coefficient (Wildman–Crippen LogP) is 4.98. The number of hydrogen-bond donors (Lipinski definition) is 0. The zero-order valence-electron chi connectivity index (χ0n) is 14.1. The highest BCUT2D eigenvalue weighted by molar-refractivity contribution is 7.98. The number of aryl methyl sites for hydroxylation is 1. The summed E-state index contributed by atoms with van der Waals surface area (Å²) >= 11 is 7.56. The molecular weight excluding hydrogens is 372 g/mol. The van der Waals surface area contributed by atoms with E-state index in [4.69, 9.17) is 20.4 Å². The van der Waals surface area contributed by atoms with Crippen molar-refractivity contribution < 1.29 is 8.83 Å². The largest absolute Gasteiger partial charge is 0.469 e. The van der Waals surface area contributed by atoms with E-state index in [1.807, 2.05) is 48.9 Å². The van der Waals surface area contributed by atoms with Crippen LogP contribution in [-0.2, 0) is 12.8 Å². The fourth-order valence-corrected chi connectivity index (χ4v) is 3.54. The van der Waals surface area contributed by atoms with Gasteiger partial charge in [0.15, 0.2) is 11.0 Å². The lowest BCUT2D eigenvalue weighted by Gasteiger charge is -2.01. The lowest BCUT2D eigenvalue weighted by molar-refractivity contribution is 0.534. The summed E-state index contributed by atoms with van der Waals surface area (Å²) in [5.74, 6) is 2.77. The molecule has 0 atom stereocenters. The Morgan fingerprint density at radius 2 is 2.08 bits per heavy atom. The van der Waals surface area contributed by atoms with Crippen molar-refractivity contribution in [1.29, 1.82) is 0 Å². The average Bonchev–Trinajstić information content (AvgIpc) is 3.34. The Kier molecular flexibility index (Phi) is 4.57. The third kappa shape index (κ3) is 3.27. The van der Waals surface area contributed by atoms with Crippen LogP contribution < -0.4 is 0 Å². The monoisotopic (exact) mass is 386 g/mol. The van der Waals surface area contributed by atoms with E-state index in [1.165, 1.54) is 0 Å². The maximum absolute atomic E-state index is 6.02. The Labute approximate surface area is 159 Å². The molecule has 0 spiro atoms. The minimum atomic E-state index is 0.552. The van der Waals surface area contributed by atoms with E-state index in [-0.39, 0.29) is 0 Å². The first-order valence-corrected chi connectivity index (χ1v) is 9.25. The van der Waals surface area contributed by atoms with Gasteiger partial charge in [0.1, 0.15) is 12.0 Å². The lowest BCUT2D eigenvalue weighted by Crippen LogP contribution is -1.95. The van der Waals surface area contributed by atoms with Gasteiger partial charge in [-0.3, -0.25) is 0 Å². The molecule has 132 valence electrons. The molecule has 0 N–H and O–H groups in total. The number of nitrogens with zero attached hydrogens (tertiary/aromatic N) is 4. The van der Waals surface area contributed by atoms with Gasteiger partial charge in [-0.15, -0.1) is 10.2 Å². The number of halogens is 1. The molecule has 0 aliphatic carbocycles. The molecule has 0 unspecified atom stereocenters.